The van der Waals surface area contributed by atoms with E-state index in [1.807, 2.05) is 30.3 Å². The summed E-state index contributed by atoms with van der Waals surface area (Å²) in [6.45, 7) is 1.94. The predicted molar refractivity (Wildman–Crippen MR) is 112 cm³/mol. The molecule has 0 unspecified atom stereocenters. The Balaban J connectivity index is 1.60. The van der Waals surface area contributed by atoms with Crippen LogP contribution in [0.5, 0.6) is 0 Å². The van der Waals surface area contributed by atoms with Gasteiger partial charge in [0, 0.05) is 29.6 Å². The normalized spacial score (nSPS) is 14.4. The van der Waals surface area contributed by atoms with Gasteiger partial charge in [0.1, 0.15) is 11.3 Å². The van der Waals surface area contributed by atoms with E-state index in [2.05, 4.69) is 5.32 Å². The van der Waals surface area contributed by atoms with Gasteiger partial charge in [-0.2, -0.15) is 0 Å². The monoisotopic (exact) mass is 410 g/mol. The summed E-state index contributed by atoms with van der Waals surface area (Å²) in [6.07, 6.45) is 3.09. The second-order valence-electron chi connectivity index (χ2n) is 6.58. The van der Waals surface area contributed by atoms with Crippen molar-refractivity contribution >= 4 is 46.1 Å². The number of nitrogens with zero attached hydrogens (tertiary/aromatic N) is 1. The third-order valence-electron chi connectivity index (χ3n) is 4.63. The van der Waals surface area contributed by atoms with Crippen LogP contribution in [0, 0.1) is 0 Å². The first-order valence-corrected chi connectivity index (χ1v) is 9.63. The van der Waals surface area contributed by atoms with Gasteiger partial charge in [-0.15, -0.1) is 0 Å². The number of benzene rings is 2. The average Bonchev–Trinajstić information content (AvgIpc) is 3.12. The molecule has 1 aliphatic heterocycles. The maximum absolute atomic E-state index is 13.0. The molecule has 0 aliphatic carbocycles. The van der Waals surface area contributed by atoms with Crippen molar-refractivity contribution in [2.45, 2.75) is 0 Å². The Morgan fingerprint density at radius 1 is 1.03 bits per heavy atom. The number of para-hydroxylation sites is 1. The summed E-state index contributed by atoms with van der Waals surface area (Å²) >= 11 is 5.88. The van der Waals surface area contributed by atoms with E-state index >= 15 is 0 Å². The summed E-state index contributed by atoms with van der Waals surface area (Å²) in [4.78, 5) is 27.2. The first kappa shape index (κ1) is 19.2. The zero-order chi connectivity index (χ0) is 20.2. The van der Waals surface area contributed by atoms with Crippen LogP contribution in [0.1, 0.15) is 16.1 Å². The Morgan fingerprint density at radius 2 is 1.76 bits per heavy atom. The highest BCUT2D eigenvalue weighted by Crippen LogP contribution is 2.32. The van der Waals surface area contributed by atoms with E-state index in [9.17, 15) is 9.59 Å². The number of carbonyl (C=O) groups is 2. The van der Waals surface area contributed by atoms with Crippen molar-refractivity contribution in [1.29, 1.82) is 0 Å². The molecular weight excluding hydrogens is 392 g/mol. The van der Waals surface area contributed by atoms with E-state index in [0.717, 1.165) is 5.56 Å². The van der Waals surface area contributed by atoms with Crippen molar-refractivity contribution in [3.05, 3.63) is 71.0 Å². The second-order valence-corrected chi connectivity index (χ2v) is 7.02. The Morgan fingerprint density at radius 3 is 2.52 bits per heavy atom. The first-order valence-electron chi connectivity index (χ1n) is 9.25. The van der Waals surface area contributed by atoms with Gasteiger partial charge in [-0.25, -0.2) is 0 Å². The van der Waals surface area contributed by atoms with Gasteiger partial charge < -0.3 is 19.4 Å². The minimum absolute atomic E-state index is 0.126. The Bertz CT molecular complexity index is 1070. The summed E-state index contributed by atoms with van der Waals surface area (Å²) in [5, 5.41) is 4.12. The van der Waals surface area contributed by atoms with Gasteiger partial charge in [0.05, 0.1) is 13.2 Å². The number of carbonyl (C=O) groups excluding carboxylic acids is 2. The molecular formula is C22H19ClN2O4. The van der Waals surface area contributed by atoms with Gasteiger partial charge in [-0.3, -0.25) is 9.59 Å². The van der Waals surface area contributed by atoms with E-state index in [0.29, 0.717) is 48.0 Å². The number of morpholine rings is 1. The number of nitrogens with one attached hydrogen (secondary N) is 1. The molecule has 1 N–H and O–H groups in total. The number of rotatable bonds is 4. The number of anilines is 1. The Labute approximate surface area is 172 Å². The molecule has 0 radical (unpaired) electrons. The van der Waals surface area contributed by atoms with Crippen molar-refractivity contribution in [3.63, 3.8) is 0 Å². The fraction of sp³-hybridized carbons (Fsp3) is 0.182. The molecule has 3 aromatic rings. The highest BCUT2D eigenvalue weighted by Gasteiger charge is 2.27. The molecule has 6 nitrogen and oxygen atoms in total. The van der Waals surface area contributed by atoms with Crippen LogP contribution in [-0.2, 0) is 9.53 Å². The molecule has 1 fully saturated rings. The number of amides is 2. The van der Waals surface area contributed by atoms with Crippen LogP contribution in [0.25, 0.3) is 17.0 Å². The number of fused-ring (bicyclic) bond motifs is 1. The van der Waals surface area contributed by atoms with Gasteiger partial charge in [0.2, 0.25) is 11.7 Å². The van der Waals surface area contributed by atoms with Gasteiger partial charge in [0.25, 0.3) is 5.91 Å². The minimum atomic E-state index is -0.359. The van der Waals surface area contributed by atoms with Crippen LogP contribution in [-0.4, -0.2) is 43.0 Å². The highest BCUT2D eigenvalue weighted by molar-refractivity contribution is 6.30. The zero-order valence-electron chi connectivity index (χ0n) is 15.6. The Hall–Kier alpha value is -3.09. The van der Waals surface area contributed by atoms with E-state index < -0.39 is 0 Å². The summed E-state index contributed by atoms with van der Waals surface area (Å²) in [6, 6.07) is 14.4. The molecule has 0 atom stereocenters. The summed E-state index contributed by atoms with van der Waals surface area (Å²) in [5.41, 5.74) is 1.76. The average molecular weight is 411 g/mol. The van der Waals surface area contributed by atoms with Crippen LogP contribution in [0.2, 0.25) is 5.02 Å². The van der Waals surface area contributed by atoms with Crippen molar-refractivity contribution in [2.75, 3.05) is 31.6 Å². The van der Waals surface area contributed by atoms with E-state index in [1.54, 1.807) is 29.2 Å². The lowest BCUT2D eigenvalue weighted by Crippen LogP contribution is -2.40. The molecule has 2 aromatic carbocycles. The largest absolute Gasteiger partial charge is 0.449 e. The maximum Gasteiger partial charge on any atom is 0.291 e. The maximum atomic E-state index is 13.0. The summed E-state index contributed by atoms with van der Waals surface area (Å²) < 4.78 is 11.1. The minimum Gasteiger partial charge on any atom is -0.449 e. The highest BCUT2D eigenvalue weighted by atomic mass is 35.5. The zero-order valence-corrected chi connectivity index (χ0v) is 16.3. The number of halogens is 1. The number of hydrogen-bond acceptors (Lipinski definition) is 4. The Kier molecular flexibility index (Phi) is 5.64. The third kappa shape index (κ3) is 4.34. The molecule has 29 heavy (non-hydrogen) atoms. The van der Waals surface area contributed by atoms with Gasteiger partial charge in [0.15, 0.2) is 0 Å². The fourth-order valence-electron chi connectivity index (χ4n) is 3.14. The number of furan rings is 1. The van der Waals surface area contributed by atoms with Crippen LogP contribution in [0.4, 0.5) is 5.69 Å². The molecule has 4 rings (SSSR count). The lowest BCUT2D eigenvalue weighted by atomic mass is 10.2. The third-order valence-corrected chi connectivity index (χ3v) is 4.89. The quantitative estimate of drug-likeness (QED) is 0.654. The predicted octanol–water partition coefficient (Wildman–Crippen LogP) is 4.21. The molecule has 1 aromatic heterocycles. The van der Waals surface area contributed by atoms with Crippen LogP contribution in [0.15, 0.2) is 59.0 Å². The van der Waals surface area contributed by atoms with Gasteiger partial charge in [-0.05, 0) is 35.9 Å². The molecule has 0 saturated carbocycles. The SMILES string of the molecule is O=C(/C=C/c1ccc(Cl)cc1)Nc1c(C(=O)N2CCOCC2)oc2ccccc12. The summed E-state index contributed by atoms with van der Waals surface area (Å²) in [5.74, 6) is -0.495. The van der Waals surface area contributed by atoms with E-state index in [1.165, 1.54) is 6.08 Å². The van der Waals surface area contributed by atoms with Crippen LogP contribution >= 0.6 is 11.6 Å². The topological polar surface area (TPSA) is 71.8 Å². The standard InChI is InChI=1S/C22H19ClN2O4/c23-16-8-5-15(6-9-16)7-10-19(26)24-20-17-3-1-2-4-18(17)29-21(20)22(27)25-11-13-28-14-12-25/h1-10H,11-14H2,(H,24,26)/b10-7+. The molecule has 7 heteroatoms. The van der Waals surface area contributed by atoms with Crippen LogP contribution < -0.4 is 5.32 Å². The lowest BCUT2D eigenvalue weighted by Gasteiger charge is -2.26. The smallest absolute Gasteiger partial charge is 0.291 e. The fourth-order valence-corrected chi connectivity index (χ4v) is 3.27. The molecule has 0 bridgehead atoms. The van der Waals surface area contributed by atoms with Crippen molar-refractivity contribution in [2.24, 2.45) is 0 Å². The van der Waals surface area contributed by atoms with E-state index in [4.69, 9.17) is 20.8 Å². The number of ether oxygens (including phenoxy) is 1. The molecule has 2 amide bonds. The molecule has 148 valence electrons. The lowest BCUT2D eigenvalue weighted by molar-refractivity contribution is -0.111. The molecule has 1 saturated heterocycles. The first-order chi connectivity index (χ1) is 14.1. The van der Waals surface area contributed by atoms with E-state index in [-0.39, 0.29) is 17.6 Å². The van der Waals surface area contributed by atoms with Crippen LogP contribution in [0.3, 0.4) is 0 Å². The van der Waals surface area contributed by atoms with Crippen molar-refractivity contribution in [3.8, 4) is 0 Å². The van der Waals surface area contributed by atoms with Gasteiger partial charge >= 0.3 is 0 Å². The van der Waals surface area contributed by atoms with Gasteiger partial charge in [-0.1, -0.05) is 35.9 Å². The second kappa shape index (κ2) is 8.51. The molecule has 0 spiro atoms. The summed E-state index contributed by atoms with van der Waals surface area (Å²) in [7, 11) is 0. The van der Waals surface area contributed by atoms with Crippen molar-refractivity contribution < 1.29 is 18.7 Å². The molecule has 1 aliphatic rings. The molecule has 2 heterocycles. The van der Waals surface area contributed by atoms with Crippen molar-refractivity contribution in [1.82, 2.24) is 4.90 Å². The number of hydrogen-bond donors (Lipinski definition) is 1.